The molecule has 1 aromatic rings. The summed E-state index contributed by atoms with van der Waals surface area (Å²) in [5.41, 5.74) is 0.503. The molecular weight excluding hydrogens is 344 g/mol. The summed E-state index contributed by atoms with van der Waals surface area (Å²) in [5.74, 6) is 0.253. The highest BCUT2D eigenvalue weighted by Gasteiger charge is 2.44. The first-order valence-corrected chi connectivity index (χ1v) is 9.93. The number of fused-ring (bicyclic) bond motifs is 1. The van der Waals surface area contributed by atoms with Gasteiger partial charge in [-0.05, 0) is 24.5 Å². The Bertz CT molecular complexity index is 717. The summed E-state index contributed by atoms with van der Waals surface area (Å²) in [6.45, 7) is 1.09. The lowest BCUT2D eigenvalue weighted by molar-refractivity contribution is -0.152. The van der Waals surface area contributed by atoms with Gasteiger partial charge in [0.15, 0.2) is 0 Å². The van der Waals surface area contributed by atoms with Crippen LogP contribution >= 0.6 is 0 Å². The van der Waals surface area contributed by atoms with Crippen molar-refractivity contribution >= 4 is 17.7 Å². The summed E-state index contributed by atoms with van der Waals surface area (Å²) in [4.78, 5) is 45.5. The van der Waals surface area contributed by atoms with E-state index < -0.39 is 12.1 Å². The van der Waals surface area contributed by atoms with Crippen molar-refractivity contribution in [3.63, 3.8) is 0 Å². The van der Waals surface area contributed by atoms with E-state index in [-0.39, 0.29) is 24.3 Å². The molecule has 2 saturated heterocycles. The van der Waals surface area contributed by atoms with E-state index in [0.717, 1.165) is 19.3 Å². The van der Waals surface area contributed by atoms with Crippen molar-refractivity contribution in [1.82, 2.24) is 20.1 Å². The van der Waals surface area contributed by atoms with Gasteiger partial charge in [-0.3, -0.25) is 19.4 Å². The molecule has 3 fully saturated rings. The average Bonchev–Trinajstić information content (AvgIpc) is 2.72. The molecule has 1 saturated carbocycles. The van der Waals surface area contributed by atoms with Crippen molar-refractivity contribution in [3.8, 4) is 0 Å². The second-order valence-corrected chi connectivity index (χ2v) is 7.84. The van der Waals surface area contributed by atoms with E-state index in [4.69, 9.17) is 0 Å². The molecule has 2 atom stereocenters. The van der Waals surface area contributed by atoms with Crippen LogP contribution in [0.4, 0.5) is 0 Å². The zero-order valence-corrected chi connectivity index (χ0v) is 15.5. The molecule has 0 aromatic carbocycles. The standard InChI is InChI=1S/C20H26N4O3/c25-18-17-13-23(19(26)15-7-4-8-21-12-15)9-10-24(17)20(27)16(22-18)11-14-5-2-1-3-6-14/h4,7-8,12,14,16-17H,1-3,5-6,9-11,13H2,(H,22,25). The van der Waals surface area contributed by atoms with Crippen LogP contribution in [-0.2, 0) is 9.59 Å². The van der Waals surface area contributed by atoms with Gasteiger partial charge >= 0.3 is 0 Å². The molecule has 4 rings (SSSR count). The number of nitrogens with zero attached hydrogens (tertiary/aromatic N) is 3. The Morgan fingerprint density at radius 3 is 2.74 bits per heavy atom. The maximum Gasteiger partial charge on any atom is 0.255 e. The van der Waals surface area contributed by atoms with Crippen molar-refractivity contribution in [2.24, 2.45) is 5.92 Å². The first-order chi connectivity index (χ1) is 13.1. The van der Waals surface area contributed by atoms with Crippen molar-refractivity contribution in [2.45, 2.75) is 50.6 Å². The summed E-state index contributed by atoms with van der Waals surface area (Å²) in [6.07, 6.45) is 9.90. The van der Waals surface area contributed by atoms with Gasteiger partial charge in [0.1, 0.15) is 12.1 Å². The van der Waals surface area contributed by atoms with Crippen LogP contribution in [0, 0.1) is 5.92 Å². The van der Waals surface area contributed by atoms with E-state index in [2.05, 4.69) is 10.3 Å². The molecule has 27 heavy (non-hydrogen) atoms. The fraction of sp³-hybridized carbons (Fsp3) is 0.600. The molecule has 2 unspecified atom stereocenters. The van der Waals surface area contributed by atoms with Crippen molar-refractivity contribution in [1.29, 1.82) is 0 Å². The number of rotatable bonds is 3. The number of hydrogen-bond donors (Lipinski definition) is 1. The first kappa shape index (κ1) is 17.9. The van der Waals surface area contributed by atoms with Crippen LogP contribution in [-0.4, -0.2) is 64.2 Å². The molecule has 3 amide bonds. The number of piperazine rings is 2. The summed E-state index contributed by atoms with van der Waals surface area (Å²) in [6, 6.07) is 2.44. The fourth-order valence-electron chi connectivity index (χ4n) is 4.57. The van der Waals surface area contributed by atoms with Crippen LogP contribution in [0.1, 0.15) is 48.9 Å². The normalized spacial score (nSPS) is 26.5. The minimum absolute atomic E-state index is 0.0126. The molecule has 0 spiro atoms. The van der Waals surface area contributed by atoms with Crippen molar-refractivity contribution < 1.29 is 14.4 Å². The topological polar surface area (TPSA) is 82.6 Å². The maximum atomic E-state index is 12.9. The Morgan fingerprint density at radius 2 is 2.00 bits per heavy atom. The quantitative estimate of drug-likeness (QED) is 0.867. The minimum Gasteiger partial charge on any atom is -0.342 e. The molecule has 0 bridgehead atoms. The lowest BCUT2D eigenvalue weighted by atomic mass is 9.84. The highest BCUT2D eigenvalue weighted by atomic mass is 16.2. The van der Waals surface area contributed by atoms with Gasteiger partial charge in [-0.25, -0.2) is 0 Å². The lowest BCUT2D eigenvalue weighted by Gasteiger charge is -2.45. The Balaban J connectivity index is 1.41. The molecule has 0 radical (unpaired) electrons. The van der Waals surface area contributed by atoms with E-state index in [9.17, 15) is 14.4 Å². The third-order valence-electron chi connectivity index (χ3n) is 6.07. The highest BCUT2D eigenvalue weighted by molar-refractivity contribution is 5.99. The number of hydrogen-bond acceptors (Lipinski definition) is 4. The molecule has 3 heterocycles. The summed E-state index contributed by atoms with van der Waals surface area (Å²) < 4.78 is 0. The molecular formula is C20H26N4O3. The van der Waals surface area contributed by atoms with E-state index in [0.29, 0.717) is 24.6 Å². The van der Waals surface area contributed by atoms with Crippen LogP contribution in [0.15, 0.2) is 24.5 Å². The summed E-state index contributed by atoms with van der Waals surface area (Å²) >= 11 is 0. The largest absolute Gasteiger partial charge is 0.342 e. The van der Waals surface area contributed by atoms with Crippen molar-refractivity contribution in [2.75, 3.05) is 19.6 Å². The Labute approximate surface area is 159 Å². The summed E-state index contributed by atoms with van der Waals surface area (Å²) in [7, 11) is 0. The molecule has 144 valence electrons. The van der Waals surface area contributed by atoms with Gasteiger partial charge < -0.3 is 15.1 Å². The number of carbonyl (C=O) groups is 3. The van der Waals surface area contributed by atoms with Gasteiger partial charge in [0, 0.05) is 25.5 Å². The number of aromatic nitrogens is 1. The maximum absolute atomic E-state index is 12.9. The zero-order valence-electron chi connectivity index (χ0n) is 15.5. The SMILES string of the molecule is O=C1NC(CC2CCCCC2)C(=O)N2CCN(C(=O)c3cccnc3)CC12. The van der Waals surface area contributed by atoms with Gasteiger partial charge in [0.25, 0.3) is 5.91 Å². The smallest absolute Gasteiger partial charge is 0.255 e. The number of pyridine rings is 1. The predicted octanol–water partition coefficient (Wildman–Crippen LogP) is 1.20. The lowest BCUT2D eigenvalue weighted by Crippen LogP contribution is -2.69. The molecule has 1 aliphatic carbocycles. The molecule has 1 N–H and O–H groups in total. The molecule has 3 aliphatic rings. The van der Waals surface area contributed by atoms with Gasteiger partial charge in [0.2, 0.25) is 11.8 Å². The molecule has 1 aromatic heterocycles. The van der Waals surface area contributed by atoms with Crippen LogP contribution in [0.2, 0.25) is 0 Å². The van der Waals surface area contributed by atoms with E-state index in [1.54, 1.807) is 28.1 Å². The fourth-order valence-corrected chi connectivity index (χ4v) is 4.57. The highest BCUT2D eigenvalue weighted by Crippen LogP contribution is 2.29. The first-order valence-electron chi connectivity index (χ1n) is 9.93. The number of nitrogens with one attached hydrogen (secondary N) is 1. The van der Waals surface area contributed by atoms with E-state index in [1.807, 2.05) is 0 Å². The Morgan fingerprint density at radius 1 is 1.19 bits per heavy atom. The minimum atomic E-state index is -0.588. The third kappa shape index (κ3) is 3.68. The average molecular weight is 370 g/mol. The van der Waals surface area contributed by atoms with Gasteiger partial charge in [-0.15, -0.1) is 0 Å². The molecule has 7 nitrogen and oxygen atoms in total. The Hall–Kier alpha value is -2.44. The van der Waals surface area contributed by atoms with Gasteiger partial charge in [0.05, 0.1) is 12.1 Å². The molecule has 7 heteroatoms. The van der Waals surface area contributed by atoms with Crippen molar-refractivity contribution in [3.05, 3.63) is 30.1 Å². The van der Waals surface area contributed by atoms with E-state index >= 15 is 0 Å². The van der Waals surface area contributed by atoms with Crippen LogP contribution in [0.25, 0.3) is 0 Å². The van der Waals surface area contributed by atoms with Crippen LogP contribution in [0.3, 0.4) is 0 Å². The zero-order chi connectivity index (χ0) is 18.8. The predicted molar refractivity (Wildman–Crippen MR) is 98.8 cm³/mol. The second-order valence-electron chi connectivity index (χ2n) is 7.84. The Kier molecular flexibility index (Phi) is 5.09. The third-order valence-corrected chi connectivity index (χ3v) is 6.07. The van der Waals surface area contributed by atoms with Crippen LogP contribution in [0.5, 0.6) is 0 Å². The van der Waals surface area contributed by atoms with Gasteiger partial charge in [-0.2, -0.15) is 0 Å². The number of amides is 3. The number of carbonyl (C=O) groups excluding carboxylic acids is 3. The van der Waals surface area contributed by atoms with E-state index in [1.165, 1.54) is 25.5 Å². The second kappa shape index (κ2) is 7.66. The van der Waals surface area contributed by atoms with Crippen LogP contribution < -0.4 is 5.32 Å². The monoisotopic (exact) mass is 370 g/mol. The molecule has 2 aliphatic heterocycles. The van der Waals surface area contributed by atoms with Gasteiger partial charge in [-0.1, -0.05) is 32.1 Å². The summed E-state index contributed by atoms with van der Waals surface area (Å²) in [5, 5.41) is 2.93.